The number of hydrogen-bond acceptors (Lipinski definition) is 4. The third kappa shape index (κ3) is 4.32. The summed E-state index contributed by atoms with van der Waals surface area (Å²) in [4.78, 5) is 10.7. The molecule has 0 spiro atoms. The van der Waals surface area contributed by atoms with E-state index in [0.29, 0.717) is 11.5 Å². The van der Waals surface area contributed by atoms with Gasteiger partial charge in [-0.1, -0.05) is 30.3 Å². The Balaban J connectivity index is 1.81. The summed E-state index contributed by atoms with van der Waals surface area (Å²) < 4.78 is 24.1. The third-order valence-electron chi connectivity index (χ3n) is 3.41. The molecule has 0 radical (unpaired) electrons. The number of nitrogens with zero attached hydrogens (tertiary/aromatic N) is 1. The molecule has 0 fully saturated rings. The van der Waals surface area contributed by atoms with Gasteiger partial charge in [0.15, 0.2) is 0 Å². The molecule has 0 bridgehead atoms. The normalized spacial score (nSPS) is 10.3. The first-order valence-electron chi connectivity index (χ1n) is 7.50. The lowest BCUT2D eigenvalue weighted by atomic mass is 10.2. The van der Waals surface area contributed by atoms with Gasteiger partial charge in [-0.3, -0.25) is 10.1 Å². The van der Waals surface area contributed by atoms with Crippen LogP contribution in [0.15, 0.2) is 72.8 Å². The summed E-state index contributed by atoms with van der Waals surface area (Å²) in [6.07, 6.45) is 0. The largest absolute Gasteiger partial charge is 0.482 e. The van der Waals surface area contributed by atoms with Crippen molar-refractivity contribution < 1.29 is 18.8 Å². The second-order valence-corrected chi connectivity index (χ2v) is 5.22. The van der Waals surface area contributed by atoms with Crippen LogP contribution in [-0.4, -0.2) is 4.92 Å². The van der Waals surface area contributed by atoms with E-state index in [4.69, 9.17) is 9.47 Å². The van der Waals surface area contributed by atoms with E-state index >= 15 is 0 Å². The van der Waals surface area contributed by atoms with Crippen LogP contribution in [0.5, 0.6) is 17.2 Å². The Hall–Kier alpha value is -3.41. The van der Waals surface area contributed by atoms with Crippen molar-refractivity contribution in [2.45, 2.75) is 6.61 Å². The summed E-state index contributed by atoms with van der Waals surface area (Å²) in [5.41, 5.74) is 0.740. The Bertz CT molecular complexity index is 866. The summed E-state index contributed by atoms with van der Waals surface area (Å²) in [5, 5.41) is 11.2. The number of rotatable bonds is 6. The molecule has 6 heteroatoms. The van der Waals surface area contributed by atoms with Crippen LogP contribution in [0.25, 0.3) is 0 Å². The lowest BCUT2D eigenvalue weighted by Gasteiger charge is -2.10. The highest BCUT2D eigenvalue weighted by atomic mass is 19.1. The molecule has 3 rings (SSSR count). The highest BCUT2D eigenvalue weighted by molar-refractivity contribution is 5.51. The van der Waals surface area contributed by atoms with Crippen LogP contribution in [0.2, 0.25) is 0 Å². The molecule has 0 aromatic heterocycles. The summed E-state index contributed by atoms with van der Waals surface area (Å²) in [6, 6.07) is 19.1. The van der Waals surface area contributed by atoms with Gasteiger partial charge in [-0.25, -0.2) is 4.39 Å². The van der Waals surface area contributed by atoms with Gasteiger partial charge in [-0.2, -0.15) is 0 Å². The molecule has 0 aliphatic carbocycles. The number of nitro benzene ring substituents is 1. The van der Waals surface area contributed by atoms with E-state index in [-0.39, 0.29) is 23.9 Å². The summed E-state index contributed by atoms with van der Waals surface area (Å²) in [5.74, 6) is 0.515. The van der Waals surface area contributed by atoms with E-state index in [0.717, 1.165) is 5.56 Å². The molecule has 0 aliphatic rings. The van der Waals surface area contributed by atoms with Gasteiger partial charge in [0.25, 0.3) is 0 Å². The van der Waals surface area contributed by atoms with Gasteiger partial charge < -0.3 is 9.47 Å². The highest BCUT2D eigenvalue weighted by Crippen LogP contribution is 2.33. The highest BCUT2D eigenvalue weighted by Gasteiger charge is 2.16. The molecule has 5 nitrogen and oxygen atoms in total. The van der Waals surface area contributed by atoms with Crippen LogP contribution in [0.1, 0.15) is 5.56 Å². The van der Waals surface area contributed by atoms with Crippen LogP contribution >= 0.6 is 0 Å². The number of benzene rings is 3. The molecular weight excluding hydrogens is 325 g/mol. The van der Waals surface area contributed by atoms with E-state index in [2.05, 4.69) is 0 Å². The predicted molar refractivity (Wildman–Crippen MR) is 90.3 cm³/mol. The van der Waals surface area contributed by atoms with Crippen molar-refractivity contribution in [1.29, 1.82) is 0 Å². The van der Waals surface area contributed by atoms with Crippen molar-refractivity contribution in [2.75, 3.05) is 0 Å². The maximum absolute atomic E-state index is 12.9. The van der Waals surface area contributed by atoms with Gasteiger partial charge in [0.2, 0.25) is 5.75 Å². The van der Waals surface area contributed by atoms with E-state index in [9.17, 15) is 14.5 Å². The molecule has 0 heterocycles. The summed E-state index contributed by atoms with van der Waals surface area (Å²) in [7, 11) is 0. The smallest absolute Gasteiger partial charge is 0.311 e. The average Bonchev–Trinajstić information content (AvgIpc) is 2.63. The SMILES string of the molecule is O=[N+]([O-])c1ccc(Oc2ccc(F)cc2)cc1OCc1ccccc1. The maximum atomic E-state index is 12.9. The maximum Gasteiger partial charge on any atom is 0.311 e. The van der Waals surface area contributed by atoms with Crippen LogP contribution in [0.4, 0.5) is 10.1 Å². The van der Waals surface area contributed by atoms with Crippen molar-refractivity contribution in [3.05, 3.63) is 94.3 Å². The minimum absolute atomic E-state index is 0.105. The van der Waals surface area contributed by atoms with E-state index in [1.165, 1.54) is 42.5 Å². The Morgan fingerprint density at radius 3 is 2.28 bits per heavy atom. The van der Waals surface area contributed by atoms with Crippen LogP contribution in [0.3, 0.4) is 0 Å². The van der Waals surface area contributed by atoms with Gasteiger partial charge in [-0.05, 0) is 35.9 Å². The zero-order chi connectivity index (χ0) is 17.6. The minimum atomic E-state index is -0.512. The number of ether oxygens (including phenoxy) is 2. The fourth-order valence-corrected chi connectivity index (χ4v) is 2.20. The molecule has 0 amide bonds. The predicted octanol–water partition coefficient (Wildman–Crippen LogP) is 5.11. The first-order chi connectivity index (χ1) is 12.1. The molecule has 0 N–H and O–H groups in total. The zero-order valence-corrected chi connectivity index (χ0v) is 13.1. The first-order valence-corrected chi connectivity index (χ1v) is 7.50. The molecular formula is C19H14FNO4. The van der Waals surface area contributed by atoms with E-state index in [1.807, 2.05) is 30.3 Å². The van der Waals surface area contributed by atoms with Crippen molar-refractivity contribution in [3.8, 4) is 17.2 Å². The summed E-state index contributed by atoms with van der Waals surface area (Å²) in [6.45, 7) is 0.196. The molecule has 126 valence electrons. The topological polar surface area (TPSA) is 61.6 Å². The molecule has 0 unspecified atom stereocenters. The lowest BCUT2D eigenvalue weighted by molar-refractivity contribution is -0.386. The van der Waals surface area contributed by atoms with Crippen molar-refractivity contribution >= 4 is 5.69 Å². The molecule has 25 heavy (non-hydrogen) atoms. The van der Waals surface area contributed by atoms with Gasteiger partial charge in [0.1, 0.15) is 23.9 Å². The van der Waals surface area contributed by atoms with Crippen molar-refractivity contribution in [2.24, 2.45) is 0 Å². The second-order valence-electron chi connectivity index (χ2n) is 5.22. The first kappa shape index (κ1) is 16.4. The van der Waals surface area contributed by atoms with Crippen LogP contribution in [-0.2, 0) is 6.61 Å². The fourth-order valence-electron chi connectivity index (χ4n) is 2.20. The Kier molecular flexibility index (Phi) is 4.89. The van der Waals surface area contributed by atoms with E-state index in [1.54, 1.807) is 0 Å². The van der Waals surface area contributed by atoms with Crippen molar-refractivity contribution in [3.63, 3.8) is 0 Å². The van der Waals surface area contributed by atoms with Crippen LogP contribution < -0.4 is 9.47 Å². The Morgan fingerprint density at radius 2 is 1.60 bits per heavy atom. The number of nitro groups is 1. The van der Waals surface area contributed by atoms with Gasteiger partial charge in [0.05, 0.1) is 4.92 Å². The van der Waals surface area contributed by atoms with Gasteiger partial charge >= 0.3 is 5.69 Å². The van der Waals surface area contributed by atoms with E-state index < -0.39 is 4.92 Å². The monoisotopic (exact) mass is 339 g/mol. The summed E-state index contributed by atoms with van der Waals surface area (Å²) >= 11 is 0. The number of hydrogen-bond donors (Lipinski definition) is 0. The fraction of sp³-hybridized carbons (Fsp3) is 0.0526. The third-order valence-corrected chi connectivity index (χ3v) is 3.41. The van der Waals surface area contributed by atoms with Gasteiger partial charge in [-0.15, -0.1) is 0 Å². The molecule has 0 saturated carbocycles. The standard InChI is InChI=1S/C19H14FNO4/c20-15-6-8-16(9-7-15)25-17-10-11-18(21(22)23)19(12-17)24-13-14-4-2-1-3-5-14/h1-12H,13H2. The Morgan fingerprint density at radius 1 is 0.920 bits per heavy atom. The molecule has 3 aromatic rings. The zero-order valence-electron chi connectivity index (χ0n) is 13.1. The average molecular weight is 339 g/mol. The van der Waals surface area contributed by atoms with Crippen molar-refractivity contribution in [1.82, 2.24) is 0 Å². The second kappa shape index (κ2) is 7.44. The number of halogens is 1. The van der Waals surface area contributed by atoms with Crippen LogP contribution in [0, 0.1) is 15.9 Å². The van der Waals surface area contributed by atoms with Gasteiger partial charge in [0, 0.05) is 12.1 Å². The Labute approximate surface area is 143 Å². The molecule has 0 aliphatic heterocycles. The lowest BCUT2D eigenvalue weighted by Crippen LogP contribution is -1.99. The molecule has 0 atom stereocenters. The molecule has 3 aromatic carbocycles. The molecule has 0 saturated heterocycles. The quantitative estimate of drug-likeness (QED) is 0.463. The minimum Gasteiger partial charge on any atom is -0.482 e.